The molecule has 0 aliphatic heterocycles. The molecule has 5 nitrogen and oxygen atoms in total. The van der Waals surface area contributed by atoms with Crippen LogP contribution in [0.3, 0.4) is 0 Å². The molecule has 0 radical (unpaired) electrons. The molecular formula is C15H27N3O2S. The molecule has 1 rings (SSSR count). The van der Waals surface area contributed by atoms with Gasteiger partial charge < -0.3 is 9.88 Å². The number of likely N-dealkylation sites (N-methyl/N-ethyl adjacent to an activating group) is 1. The third-order valence-electron chi connectivity index (χ3n) is 3.25. The van der Waals surface area contributed by atoms with Crippen LogP contribution in [0.5, 0.6) is 0 Å². The van der Waals surface area contributed by atoms with Crippen molar-refractivity contribution in [2.75, 3.05) is 19.6 Å². The summed E-state index contributed by atoms with van der Waals surface area (Å²) in [5.74, 6) is 0. The van der Waals surface area contributed by atoms with E-state index in [1.807, 2.05) is 25.5 Å². The highest BCUT2D eigenvalue weighted by Crippen LogP contribution is 2.19. The minimum absolute atomic E-state index is 0.349. The first-order chi connectivity index (χ1) is 9.82. The van der Waals surface area contributed by atoms with Crippen molar-refractivity contribution >= 4 is 10.0 Å². The fraction of sp³-hybridized carbons (Fsp3) is 0.600. The lowest BCUT2D eigenvalue weighted by Crippen LogP contribution is -2.32. The predicted molar refractivity (Wildman–Crippen MR) is 86.7 cm³/mol. The molecule has 1 heterocycles. The molecule has 1 aromatic heterocycles. The van der Waals surface area contributed by atoms with Crippen LogP contribution in [0.15, 0.2) is 29.3 Å². The first kappa shape index (κ1) is 17.9. The molecule has 0 saturated heterocycles. The molecule has 0 aliphatic rings. The molecule has 0 atom stereocenters. The van der Waals surface area contributed by atoms with Crippen molar-refractivity contribution in [1.82, 2.24) is 14.2 Å². The molecule has 0 aliphatic carbocycles. The third kappa shape index (κ3) is 4.69. The molecule has 120 valence electrons. The second kappa shape index (κ2) is 7.77. The van der Waals surface area contributed by atoms with E-state index >= 15 is 0 Å². The summed E-state index contributed by atoms with van der Waals surface area (Å²) in [6, 6.07) is 1.75. The van der Waals surface area contributed by atoms with Gasteiger partial charge in [-0.05, 0) is 26.0 Å². The minimum Gasteiger partial charge on any atom is -0.352 e. The molecule has 0 fully saturated rings. The van der Waals surface area contributed by atoms with Crippen molar-refractivity contribution < 1.29 is 8.42 Å². The maximum atomic E-state index is 12.6. The number of sulfonamides is 1. The van der Waals surface area contributed by atoms with E-state index in [2.05, 4.69) is 18.8 Å². The second-order valence-corrected chi connectivity index (χ2v) is 7.28. The Morgan fingerprint density at radius 3 is 2.62 bits per heavy atom. The number of nitrogens with zero attached hydrogens (tertiary/aromatic N) is 2. The van der Waals surface area contributed by atoms with Crippen LogP contribution in [0.2, 0.25) is 0 Å². The van der Waals surface area contributed by atoms with E-state index in [0.717, 1.165) is 24.2 Å². The zero-order valence-corrected chi connectivity index (χ0v) is 14.3. The van der Waals surface area contributed by atoms with E-state index in [9.17, 15) is 8.42 Å². The number of hydrogen-bond acceptors (Lipinski definition) is 3. The number of nitrogens with one attached hydrogen (secondary N) is 1. The Bertz CT molecular complexity index is 576. The smallest absolute Gasteiger partial charge is 0.244 e. The summed E-state index contributed by atoms with van der Waals surface area (Å²) in [7, 11) is -1.58. The number of aromatic nitrogens is 1. The highest BCUT2D eigenvalue weighted by molar-refractivity contribution is 7.89. The Labute approximate surface area is 128 Å². The van der Waals surface area contributed by atoms with Crippen molar-refractivity contribution in [2.24, 2.45) is 7.05 Å². The number of rotatable bonds is 9. The lowest BCUT2D eigenvalue weighted by atomic mass is 10.3. The molecule has 1 aromatic rings. The van der Waals surface area contributed by atoms with E-state index in [1.165, 1.54) is 4.31 Å². The average Bonchev–Trinajstić information content (AvgIpc) is 2.78. The lowest BCUT2D eigenvalue weighted by Gasteiger charge is -2.19. The summed E-state index contributed by atoms with van der Waals surface area (Å²) < 4.78 is 28.6. The first-order valence-electron chi connectivity index (χ1n) is 7.33. The number of hydrogen-bond donors (Lipinski definition) is 1. The average molecular weight is 313 g/mol. The van der Waals surface area contributed by atoms with Gasteiger partial charge in [0.25, 0.3) is 0 Å². The van der Waals surface area contributed by atoms with Crippen LogP contribution in [0.4, 0.5) is 0 Å². The van der Waals surface area contributed by atoms with E-state index in [1.54, 1.807) is 12.3 Å². The second-order valence-electron chi connectivity index (χ2n) is 5.34. The number of aryl methyl sites for hydroxylation is 1. The quantitative estimate of drug-likeness (QED) is 0.561. The van der Waals surface area contributed by atoms with Gasteiger partial charge in [-0.25, -0.2) is 8.42 Å². The molecule has 0 amide bonds. The van der Waals surface area contributed by atoms with Gasteiger partial charge in [0.15, 0.2) is 0 Å². The fourth-order valence-electron chi connectivity index (χ4n) is 2.10. The Hall–Kier alpha value is -1.11. The summed E-state index contributed by atoms with van der Waals surface area (Å²) in [6.45, 7) is 12.0. The molecule has 6 heteroatoms. The summed E-state index contributed by atoms with van der Waals surface area (Å²) in [5.41, 5.74) is 1.80. The summed E-state index contributed by atoms with van der Waals surface area (Å²) >= 11 is 0. The Kier molecular flexibility index (Phi) is 6.64. The van der Waals surface area contributed by atoms with Crippen LogP contribution < -0.4 is 5.32 Å². The zero-order chi connectivity index (χ0) is 16.0. The monoisotopic (exact) mass is 313 g/mol. The molecule has 0 unspecified atom stereocenters. The summed E-state index contributed by atoms with van der Waals surface area (Å²) in [6.07, 6.45) is 2.73. The van der Waals surface area contributed by atoms with Gasteiger partial charge in [0.05, 0.1) is 0 Å². The van der Waals surface area contributed by atoms with Gasteiger partial charge in [0.2, 0.25) is 10.0 Å². The predicted octanol–water partition coefficient (Wildman–Crippen LogP) is 2.11. The summed E-state index contributed by atoms with van der Waals surface area (Å²) in [4.78, 5) is 0.349. The van der Waals surface area contributed by atoms with Crippen LogP contribution in [-0.2, 0) is 23.6 Å². The van der Waals surface area contributed by atoms with E-state index in [4.69, 9.17) is 0 Å². The maximum absolute atomic E-state index is 12.6. The molecule has 0 aromatic carbocycles. The molecule has 0 saturated carbocycles. The molecule has 0 spiro atoms. The SMILES string of the molecule is C=C(C)CN(CC)S(=O)(=O)c1cc(CNCCC)n(C)c1. The van der Waals surface area contributed by atoms with Gasteiger partial charge in [0.1, 0.15) is 4.90 Å². The van der Waals surface area contributed by atoms with Crippen molar-refractivity contribution in [3.8, 4) is 0 Å². The Morgan fingerprint density at radius 2 is 2.10 bits per heavy atom. The van der Waals surface area contributed by atoms with Gasteiger partial charge in [-0.2, -0.15) is 4.31 Å². The Morgan fingerprint density at radius 1 is 1.43 bits per heavy atom. The zero-order valence-electron chi connectivity index (χ0n) is 13.5. The standard InChI is InChI=1S/C15H27N3O2S/c1-6-8-16-10-14-9-15(12-17(14)5)21(19,20)18(7-2)11-13(3)4/h9,12,16H,3,6-8,10-11H2,1-2,4-5H3. The van der Waals surface area contributed by atoms with E-state index in [-0.39, 0.29) is 0 Å². The highest BCUT2D eigenvalue weighted by Gasteiger charge is 2.24. The van der Waals surface area contributed by atoms with Crippen molar-refractivity contribution in [2.45, 2.75) is 38.6 Å². The highest BCUT2D eigenvalue weighted by atomic mass is 32.2. The largest absolute Gasteiger partial charge is 0.352 e. The molecule has 0 bridgehead atoms. The summed E-state index contributed by atoms with van der Waals surface area (Å²) in [5, 5.41) is 3.29. The van der Waals surface area contributed by atoms with Crippen molar-refractivity contribution in [3.05, 3.63) is 30.1 Å². The van der Waals surface area contributed by atoms with Crippen LogP contribution in [-0.4, -0.2) is 36.9 Å². The first-order valence-corrected chi connectivity index (χ1v) is 8.77. The van der Waals surface area contributed by atoms with Crippen LogP contribution in [0, 0.1) is 0 Å². The van der Waals surface area contributed by atoms with Gasteiger partial charge >= 0.3 is 0 Å². The Balaban J connectivity index is 2.97. The molecule has 1 N–H and O–H groups in total. The minimum atomic E-state index is -3.45. The molecule has 21 heavy (non-hydrogen) atoms. The third-order valence-corrected chi connectivity index (χ3v) is 5.14. The van der Waals surface area contributed by atoms with Gasteiger partial charge in [-0.15, -0.1) is 0 Å². The van der Waals surface area contributed by atoms with Gasteiger partial charge in [-0.3, -0.25) is 0 Å². The molecular weight excluding hydrogens is 286 g/mol. The van der Waals surface area contributed by atoms with Gasteiger partial charge in [-0.1, -0.05) is 26.0 Å². The van der Waals surface area contributed by atoms with Crippen LogP contribution in [0.1, 0.15) is 32.9 Å². The van der Waals surface area contributed by atoms with Crippen LogP contribution >= 0.6 is 0 Å². The van der Waals surface area contributed by atoms with Crippen molar-refractivity contribution in [3.63, 3.8) is 0 Å². The van der Waals surface area contributed by atoms with Gasteiger partial charge in [0, 0.05) is 38.6 Å². The normalized spacial score (nSPS) is 12.0. The van der Waals surface area contributed by atoms with Crippen molar-refractivity contribution in [1.29, 1.82) is 0 Å². The van der Waals surface area contributed by atoms with E-state index in [0.29, 0.717) is 24.5 Å². The maximum Gasteiger partial charge on any atom is 0.244 e. The lowest BCUT2D eigenvalue weighted by molar-refractivity contribution is 0.453. The van der Waals surface area contributed by atoms with E-state index < -0.39 is 10.0 Å². The topological polar surface area (TPSA) is 54.3 Å². The van der Waals surface area contributed by atoms with Crippen LogP contribution in [0.25, 0.3) is 0 Å². The fourth-order valence-corrected chi connectivity index (χ4v) is 3.71.